The molecule has 9 N–H and O–H groups in total. The van der Waals surface area contributed by atoms with E-state index in [9.17, 15) is 101 Å². The maximum atomic E-state index is 12.5. The molecule has 0 aromatic heterocycles. The van der Waals surface area contributed by atoms with E-state index in [-0.39, 0.29) is 6.61 Å². The average Bonchev–Trinajstić information content (AvgIpc) is 3.22. The molecule has 4 rings (SSSR count). The van der Waals surface area contributed by atoms with Crippen molar-refractivity contribution >= 4 is 72.8 Å². The van der Waals surface area contributed by atoms with E-state index < -0.39 is 196 Å². The van der Waals surface area contributed by atoms with E-state index in [2.05, 4.69) is 20.9 Å². The van der Waals surface area contributed by atoms with E-state index in [1.165, 1.54) is 0 Å². The summed E-state index contributed by atoms with van der Waals surface area (Å²) in [6.45, 7) is 5.51. The average molecular weight is 1280 g/mol. The normalized spacial score (nSPS) is 37.4. The van der Waals surface area contributed by atoms with Crippen molar-refractivity contribution in [3.63, 3.8) is 0 Å². The van der Waals surface area contributed by atoms with Crippen LogP contribution in [0, 0.1) is 0 Å². The summed E-state index contributed by atoms with van der Waals surface area (Å²) in [5.74, 6) is 0. The lowest BCUT2D eigenvalue weighted by Gasteiger charge is -2.50. The Kier molecular flexibility index (Phi) is 23.9. The molecule has 0 aliphatic carbocycles. The van der Waals surface area contributed by atoms with E-state index in [1.54, 1.807) is 0 Å². The maximum absolute atomic E-state index is 12.5. The fraction of sp³-hybridized carbons (Fsp3) is 1.00. The second kappa shape index (κ2) is 26.9. The second-order valence-corrected chi connectivity index (χ2v) is 24.5. The van der Waals surface area contributed by atoms with Gasteiger partial charge in [0.15, 0.2) is 49.6 Å². The van der Waals surface area contributed by atoms with Crippen LogP contribution >= 0.6 is 0 Å². The molecular formula is C32H58O38S7. The fourth-order valence-corrected chi connectivity index (χ4v) is 11.6. The molecule has 0 unspecified atom stereocenters. The lowest BCUT2D eigenvalue weighted by Crippen LogP contribution is -2.68. The molecule has 0 aromatic carbocycles. The Morgan fingerprint density at radius 1 is 0.325 bits per heavy atom. The summed E-state index contributed by atoms with van der Waals surface area (Å²) in [4.78, 5) is 0. The number of ether oxygens (including phenoxy) is 8. The molecule has 456 valence electrons. The van der Waals surface area contributed by atoms with Crippen molar-refractivity contribution in [2.45, 2.75) is 196 Å². The second-order valence-electron chi connectivity index (χ2n) is 17.2. The van der Waals surface area contributed by atoms with Crippen molar-refractivity contribution in [2.24, 2.45) is 0 Å². The van der Waals surface area contributed by atoms with E-state index >= 15 is 0 Å². The van der Waals surface area contributed by atoms with E-state index in [4.69, 9.17) is 46.3 Å². The fourth-order valence-electron chi connectivity index (χ4n) is 8.18. The zero-order valence-corrected chi connectivity index (χ0v) is 45.9. The molecule has 0 bridgehead atoms. The van der Waals surface area contributed by atoms with Crippen LogP contribution in [-0.2, 0) is 140 Å². The van der Waals surface area contributed by atoms with Gasteiger partial charge in [-0.2, -0.15) is 58.9 Å². The van der Waals surface area contributed by atoms with Gasteiger partial charge in [0.05, 0.1) is 24.4 Å². The van der Waals surface area contributed by atoms with Crippen LogP contribution in [0.15, 0.2) is 0 Å². The predicted octanol–water partition coefficient (Wildman–Crippen LogP) is -3.46. The zero-order valence-electron chi connectivity index (χ0n) is 40.2. The highest BCUT2D eigenvalue weighted by Gasteiger charge is 2.60. The molecule has 20 atom stereocenters. The van der Waals surface area contributed by atoms with Crippen LogP contribution in [0.2, 0.25) is 0 Å². The van der Waals surface area contributed by atoms with Gasteiger partial charge >= 0.3 is 72.8 Å². The van der Waals surface area contributed by atoms with Crippen molar-refractivity contribution in [1.29, 1.82) is 0 Å². The Morgan fingerprint density at radius 2 is 0.584 bits per heavy atom. The molecule has 4 aliphatic heterocycles. The number of rotatable bonds is 28. The number of aliphatic hydroxyl groups is 2. The first-order valence-corrected chi connectivity index (χ1v) is 31.7. The number of hydrogen-bond acceptors (Lipinski definition) is 31. The first-order valence-electron chi connectivity index (χ1n) is 22.1. The first-order chi connectivity index (χ1) is 35.0. The predicted molar refractivity (Wildman–Crippen MR) is 238 cm³/mol. The molecule has 0 spiro atoms. The van der Waals surface area contributed by atoms with Crippen molar-refractivity contribution in [1.82, 2.24) is 0 Å². The Labute approximate surface area is 441 Å². The summed E-state index contributed by atoms with van der Waals surface area (Å²) in [5, 5.41) is 22.1. The minimum Gasteiger partial charge on any atom is -0.388 e. The Morgan fingerprint density at radius 3 is 0.961 bits per heavy atom. The van der Waals surface area contributed by atoms with Gasteiger partial charge in [-0.05, 0) is 34.1 Å². The number of unbranched alkanes of at least 4 members (excludes halogenated alkanes) is 5. The van der Waals surface area contributed by atoms with Gasteiger partial charge < -0.3 is 48.1 Å². The highest BCUT2D eigenvalue weighted by Crippen LogP contribution is 2.40. The third kappa shape index (κ3) is 21.8. The standard InChI is InChI=1S/C32H58O38S7/c1-6-7-8-9-10-11-12-56-29-27(69-76(50,51)52)23(65-72(38,39)40)19(15(4)59-29)61-30-25(67-74(44,45)46)21(17(33)13(2)57-30)63-32-28(70-77(53,54)55)24(66-73(41,42)43)20(16(5)60-32)62-31-26(68-75(47,48)49)22(64-71(35,36)37)18(34)14(3)58-31/h13-34H,6-12H2,1-5H3,(H,35,36,37)(H,38,39,40)(H,41,42,43)(H,44,45,46)(H,47,48,49)(H,50,51,52)(H,53,54,55)/t13-,14-,15-,16-,17+,18+,19+,20+,21+,22+,23+,24+,25-,26-,27-,28-,29-,30-,31-,32-/m0/s1. The first kappa shape index (κ1) is 68.2. The molecule has 4 saturated heterocycles. The quantitative estimate of drug-likeness (QED) is 0.0271. The largest absolute Gasteiger partial charge is 0.397 e. The third-order valence-corrected chi connectivity index (χ3v) is 14.5. The van der Waals surface area contributed by atoms with E-state index in [0.717, 1.165) is 53.4 Å². The van der Waals surface area contributed by atoms with Crippen LogP contribution in [0.5, 0.6) is 0 Å². The third-order valence-electron chi connectivity index (χ3n) is 11.3. The van der Waals surface area contributed by atoms with Gasteiger partial charge in [0.2, 0.25) is 0 Å². The van der Waals surface area contributed by atoms with Crippen molar-refractivity contribution in [3.05, 3.63) is 0 Å². The zero-order chi connectivity index (χ0) is 58.6. The van der Waals surface area contributed by atoms with Crippen LogP contribution in [0.25, 0.3) is 0 Å². The van der Waals surface area contributed by atoms with Gasteiger partial charge in [-0.25, -0.2) is 29.3 Å². The minimum atomic E-state index is -6.05. The van der Waals surface area contributed by atoms with Crippen molar-refractivity contribution in [2.75, 3.05) is 6.61 Å². The minimum absolute atomic E-state index is 0.232. The van der Waals surface area contributed by atoms with Gasteiger partial charge in [0.25, 0.3) is 0 Å². The maximum Gasteiger partial charge on any atom is 0.397 e. The molecule has 0 saturated carbocycles. The lowest BCUT2D eigenvalue weighted by atomic mass is 9.96. The summed E-state index contributed by atoms with van der Waals surface area (Å²) in [6, 6.07) is 0. The van der Waals surface area contributed by atoms with Crippen LogP contribution in [0.4, 0.5) is 0 Å². The molecule has 4 heterocycles. The molecule has 0 amide bonds. The van der Waals surface area contributed by atoms with Crippen LogP contribution in [0.1, 0.15) is 73.1 Å². The lowest BCUT2D eigenvalue weighted by molar-refractivity contribution is -0.376. The molecule has 4 aliphatic rings. The van der Waals surface area contributed by atoms with Gasteiger partial charge in [-0.15, -0.1) is 0 Å². The summed E-state index contributed by atoms with van der Waals surface area (Å²) in [5.41, 5.74) is 0. The van der Waals surface area contributed by atoms with Crippen LogP contribution < -0.4 is 0 Å². The molecule has 45 heteroatoms. The Hall–Kier alpha value is -1.31. The van der Waals surface area contributed by atoms with Gasteiger partial charge in [0, 0.05) is 6.61 Å². The van der Waals surface area contributed by atoms with E-state index in [0.29, 0.717) is 12.8 Å². The number of aliphatic hydroxyl groups excluding tert-OH is 2. The Balaban J connectivity index is 1.81. The summed E-state index contributed by atoms with van der Waals surface area (Å²) in [6.07, 6.45) is -44.5. The molecule has 38 nitrogen and oxygen atoms in total. The SMILES string of the molecule is CCCCCCCCO[C@H]1O[C@@H](C)[C@@H](O[C@@H]2O[C@@H](C)[C@@H](O)[C@@H](O[C@@H]3O[C@@H](C)[C@@H](O[C@@H]4O[C@@H](C)[C@@H](O)[C@@H](OS(=O)(=O)O)[C@@H]4OS(=O)(=O)O)[C@@H](OS(=O)(=O)O)[C@@H]3OS(=O)(=O)O)[C@@H]2OS(=O)(=O)O)[C@@H](OS(=O)(=O)O)[C@@H]1OS(=O)(=O)O. The number of hydrogen-bond donors (Lipinski definition) is 9. The van der Waals surface area contributed by atoms with Crippen molar-refractivity contribution in [3.8, 4) is 0 Å². The monoisotopic (exact) mass is 1270 g/mol. The Bertz CT molecular complexity index is 2740. The molecule has 4 fully saturated rings. The topological polar surface area (TPSA) is 560 Å². The highest BCUT2D eigenvalue weighted by atomic mass is 32.3. The van der Waals surface area contributed by atoms with Gasteiger partial charge in [-0.1, -0.05) is 39.0 Å². The molecule has 0 aromatic rings. The summed E-state index contributed by atoms with van der Waals surface area (Å²) in [7, 11) is -40.9. The van der Waals surface area contributed by atoms with Gasteiger partial charge in [0.1, 0.15) is 48.8 Å². The molecule has 0 radical (unpaired) electrons. The summed E-state index contributed by atoms with van der Waals surface area (Å²) < 4.78 is 316. The van der Waals surface area contributed by atoms with Crippen molar-refractivity contribution < 1.29 is 168 Å². The van der Waals surface area contributed by atoms with Crippen LogP contribution in [-0.4, -0.2) is 230 Å². The van der Waals surface area contributed by atoms with Gasteiger partial charge in [-0.3, -0.25) is 31.9 Å². The molecular weight excluding hydrogens is 1220 g/mol. The highest BCUT2D eigenvalue weighted by molar-refractivity contribution is 7.82. The molecule has 77 heavy (non-hydrogen) atoms. The summed E-state index contributed by atoms with van der Waals surface area (Å²) >= 11 is 0. The van der Waals surface area contributed by atoms with E-state index in [1.807, 2.05) is 6.92 Å². The smallest absolute Gasteiger partial charge is 0.388 e. The van der Waals surface area contributed by atoms with Crippen LogP contribution in [0.3, 0.4) is 0 Å².